The summed E-state index contributed by atoms with van der Waals surface area (Å²) in [5.41, 5.74) is 1.04. The van der Waals surface area contributed by atoms with Crippen molar-refractivity contribution in [3.05, 3.63) is 35.6 Å². The lowest BCUT2D eigenvalue weighted by molar-refractivity contribution is -0.137. The summed E-state index contributed by atoms with van der Waals surface area (Å²) in [6.45, 7) is 4.92. The zero-order valence-electron chi connectivity index (χ0n) is 12.8. The Labute approximate surface area is 130 Å². The highest BCUT2D eigenvalue weighted by Crippen LogP contribution is 2.03. The van der Waals surface area contributed by atoms with Crippen LogP contribution in [0, 0.1) is 5.82 Å². The van der Waals surface area contributed by atoms with Gasteiger partial charge in [0.1, 0.15) is 5.82 Å². The Kier molecular flexibility index (Phi) is 5.89. The van der Waals surface area contributed by atoms with Crippen molar-refractivity contribution in [2.24, 2.45) is 0 Å². The minimum absolute atomic E-state index is 0.0577. The maximum atomic E-state index is 12.8. The van der Waals surface area contributed by atoms with E-state index in [9.17, 15) is 14.0 Å². The molecule has 0 unspecified atom stereocenters. The van der Waals surface area contributed by atoms with E-state index in [0.29, 0.717) is 39.3 Å². The van der Waals surface area contributed by atoms with Crippen LogP contribution >= 0.6 is 0 Å². The molecule has 1 aromatic rings. The zero-order chi connectivity index (χ0) is 15.9. The molecule has 1 aliphatic heterocycles. The molecule has 1 saturated heterocycles. The average molecular weight is 307 g/mol. The van der Waals surface area contributed by atoms with E-state index in [1.807, 2.05) is 0 Å². The molecule has 2 rings (SSSR count). The molecule has 6 heteroatoms. The Morgan fingerprint density at radius 3 is 2.27 bits per heavy atom. The molecular weight excluding hydrogens is 285 g/mol. The lowest BCUT2D eigenvalue weighted by atomic mass is 10.1. The topological polar surface area (TPSA) is 52.7 Å². The summed E-state index contributed by atoms with van der Waals surface area (Å²) in [5, 5.41) is 3.11. The molecular formula is C16H22FN3O2. The molecule has 0 atom stereocenters. The minimum Gasteiger partial charge on any atom is -0.339 e. The summed E-state index contributed by atoms with van der Waals surface area (Å²) < 4.78 is 12.8. The lowest BCUT2D eigenvalue weighted by Gasteiger charge is -2.34. The zero-order valence-corrected chi connectivity index (χ0v) is 12.8. The number of piperazine rings is 1. The number of rotatable bonds is 5. The van der Waals surface area contributed by atoms with E-state index >= 15 is 0 Å². The van der Waals surface area contributed by atoms with Gasteiger partial charge >= 0.3 is 0 Å². The van der Waals surface area contributed by atoms with Gasteiger partial charge in [-0.15, -0.1) is 0 Å². The molecule has 120 valence electrons. The van der Waals surface area contributed by atoms with E-state index in [4.69, 9.17) is 0 Å². The van der Waals surface area contributed by atoms with Gasteiger partial charge in [0.15, 0.2) is 0 Å². The summed E-state index contributed by atoms with van der Waals surface area (Å²) in [7, 11) is 0. The maximum Gasteiger partial charge on any atom is 0.236 e. The first kappa shape index (κ1) is 16.4. The maximum absolute atomic E-state index is 12.8. The largest absolute Gasteiger partial charge is 0.339 e. The number of carbonyl (C=O) groups excluding carboxylic acids is 2. The normalized spacial score (nSPS) is 15.0. The van der Waals surface area contributed by atoms with Crippen LogP contribution in [0.15, 0.2) is 24.3 Å². The highest BCUT2D eigenvalue weighted by Gasteiger charge is 2.21. The van der Waals surface area contributed by atoms with Gasteiger partial charge in [-0.3, -0.25) is 9.59 Å². The van der Waals surface area contributed by atoms with Crippen molar-refractivity contribution in [3.63, 3.8) is 0 Å². The summed E-state index contributed by atoms with van der Waals surface area (Å²) in [4.78, 5) is 26.8. The number of benzene rings is 1. The Hall–Kier alpha value is -1.95. The summed E-state index contributed by atoms with van der Waals surface area (Å²) in [6.07, 6.45) is 0.756. The summed E-state index contributed by atoms with van der Waals surface area (Å²) in [6, 6.07) is 6.38. The molecule has 5 nitrogen and oxygen atoms in total. The second kappa shape index (κ2) is 7.89. The van der Waals surface area contributed by atoms with E-state index in [0.717, 1.165) is 12.0 Å². The predicted molar refractivity (Wildman–Crippen MR) is 81.8 cm³/mol. The van der Waals surface area contributed by atoms with Crippen molar-refractivity contribution in [1.82, 2.24) is 15.1 Å². The standard InChI is InChI=1S/C16H22FN3O2/c1-13(21)19-8-10-20(11-9-19)16(22)12-18-7-6-14-2-4-15(17)5-3-14/h2-5,18H,6-12H2,1H3. The highest BCUT2D eigenvalue weighted by atomic mass is 19.1. The first-order valence-electron chi connectivity index (χ1n) is 7.54. The SMILES string of the molecule is CC(=O)N1CCN(C(=O)CNCCc2ccc(F)cc2)CC1. The third-order valence-electron chi connectivity index (χ3n) is 3.86. The predicted octanol–water partition coefficient (Wildman–Crippen LogP) is 0.648. The molecule has 1 N–H and O–H groups in total. The number of nitrogens with one attached hydrogen (secondary N) is 1. The Bertz CT molecular complexity index is 511. The van der Waals surface area contributed by atoms with E-state index < -0.39 is 0 Å². The van der Waals surface area contributed by atoms with Crippen LogP contribution in [0.4, 0.5) is 4.39 Å². The van der Waals surface area contributed by atoms with Crippen LogP contribution in [0.25, 0.3) is 0 Å². The first-order valence-corrected chi connectivity index (χ1v) is 7.54. The number of hydrogen-bond acceptors (Lipinski definition) is 3. The molecule has 1 aromatic carbocycles. The number of amides is 2. The Morgan fingerprint density at radius 2 is 1.68 bits per heavy atom. The van der Waals surface area contributed by atoms with Gasteiger partial charge in [-0.25, -0.2) is 4.39 Å². The van der Waals surface area contributed by atoms with Gasteiger partial charge in [-0.2, -0.15) is 0 Å². The van der Waals surface area contributed by atoms with E-state index in [1.165, 1.54) is 12.1 Å². The van der Waals surface area contributed by atoms with Crippen molar-refractivity contribution in [2.45, 2.75) is 13.3 Å². The van der Waals surface area contributed by atoms with E-state index in [1.54, 1.807) is 28.9 Å². The van der Waals surface area contributed by atoms with Gasteiger partial charge in [0, 0.05) is 33.1 Å². The molecule has 1 aliphatic rings. The van der Waals surface area contributed by atoms with Gasteiger partial charge in [-0.05, 0) is 30.7 Å². The lowest BCUT2D eigenvalue weighted by Crippen LogP contribution is -2.51. The smallest absolute Gasteiger partial charge is 0.236 e. The van der Waals surface area contributed by atoms with Gasteiger partial charge in [0.2, 0.25) is 11.8 Å². The third kappa shape index (κ3) is 4.80. The van der Waals surface area contributed by atoms with Crippen LogP contribution in [0.1, 0.15) is 12.5 Å². The molecule has 1 heterocycles. The summed E-state index contributed by atoms with van der Waals surface area (Å²) in [5.74, 6) is -0.122. The summed E-state index contributed by atoms with van der Waals surface area (Å²) >= 11 is 0. The first-order chi connectivity index (χ1) is 10.6. The quantitative estimate of drug-likeness (QED) is 0.813. The van der Waals surface area contributed by atoms with Gasteiger partial charge in [-0.1, -0.05) is 12.1 Å². The minimum atomic E-state index is -0.239. The van der Waals surface area contributed by atoms with Crippen LogP contribution in [0.3, 0.4) is 0 Å². The van der Waals surface area contributed by atoms with E-state index in [2.05, 4.69) is 5.32 Å². The molecule has 2 amide bonds. The van der Waals surface area contributed by atoms with Crippen LogP contribution in [0.2, 0.25) is 0 Å². The van der Waals surface area contributed by atoms with Crippen LogP contribution in [-0.4, -0.2) is 60.9 Å². The number of halogens is 1. The molecule has 0 bridgehead atoms. The monoisotopic (exact) mass is 307 g/mol. The van der Waals surface area contributed by atoms with Gasteiger partial charge < -0.3 is 15.1 Å². The van der Waals surface area contributed by atoms with Crippen molar-refractivity contribution in [3.8, 4) is 0 Å². The fourth-order valence-electron chi connectivity index (χ4n) is 2.46. The molecule has 0 aliphatic carbocycles. The highest BCUT2D eigenvalue weighted by molar-refractivity contribution is 5.79. The molecule has 0 spiro atoms. The average Bonchev–Trinajstić information content (AvgIpc) is 2.53. The van der Waals surface area contributed by atoms with Crippen molar-refractivity contribution < 1.29 is 14.0 Å². The Morgan fingerprint density at radius 1 is 1.09 bits per heavy atom. The molecule has 22 heavy (non-hydrogen) atoms. The molecule has 0 saturated carbocycles. The van der Waals surface area contributed by atoms with Crippen molar-refractivity contribution in [2.75, 3.05) is 39.3 Å². The molecule has 1 fully saturated rings. The number of nitrogens with zero attached hydrogens (tertiary/aromatic N) is 2. The van der Waals surface area contributed by atoms with Gasteiger partial charge in [0.05, 0.1) is 6.54 Å². The number of hydrogen-bond donors (Lipinski definition) is 1. The van der Waals surface area contributed by atoms with Crippen molar-refractivity contribution >= 4 is 11.8 Å². The van der Waals surface area contributed by atoms with Crippen LogP contribution in [-0.2, 0) is 16.0 Å². The molecule has 0 aromatic heterocycles. The number of carbonyl (C=O) groups is 2. The second-order valence-electron chi connectivity index (χ2n) is 5.44. The van der Waals surface area contributed by atoms with E-state index in [-0.39, 0.29) is 17.6 Å². The fraction of sp³-hybridized carbons (Fsp3) is 0.500. The second-order valence-corrected chi connectivity index (χ2v) is 5.44. The molecule has 0 radical (unpaired) electrons. The van der Waals surface area contributed by atoms with Crippen LogP contribution < -0.4 is 5.32 Å². The fourth-order valence-corrected chi connectivity index (χ4v) is 2.46. The van der Waals surface area contributed by atoms with Gasteiger partial charge in [0.25, 0.3) is 0 Å². The third-order valence-corrected chi connectivity index (χ3v) is 3.86. The van der Waals surface area contributed by atoms with Crippen molar-refractivity contribution in [1.29, 1.82) is 0 Å². The van der Waals surface area contributed by atoms with Crippen LogP contribution in [0.5, 0.6) is 0 Å². The Balaban J connectivity index is 1.64.